The number of hydrogen-bond acceptors (Lipinski definition) is 4. The highest BCUT2D eigenvalue weighted by atomic mass is 35.5. The van der Waals surface area contributed by atoms with Gasteiger partial charge >= 0.3 is 0 Å². The fourth-order valence-electron chi connectivity index (χ4n) is 2.18. The summed E-state index contributed by atoms with van der Waals surface area (Å²) in [7, 11) is 0. The minimum absolute atomic E-state index is 0. The zero-order valence-corrected chi connectivity index (χ0v) is 12.5. The minimum Gasteiger partial charge on any atom is -0.370 e. The van der Waals surface area contributed by atoms with Crippen LogP contribution >= 0.6 is 12.4 Å². The summed E-state index contributed by atoms with van der Waals surface area (Å²) in [6.07, 6.45) is 3.16. The van der Waals surface area contributed by atoms with Crippen molar-refractivity contribution in [2.45, 2.75) is 38.5 Å². The highest BCUT2D eigenvalue weighted by molar-refractivity contribution is 5.85. The Bertz CT molecular complexity index is 414. The van der Waals surface area contributed by atoms with E-state index in [0.717, 1.165) is 18.7 Å². The quantitative estimate of drug-likeness (QED) is 0.891. The van der Waals surface area contributed by atoms with E-state index in [4.69, 9.17) is 10.5 Å². The van der Waals surface area contributed by atoms with Crippen LogP contribution in [0.5, 0.6) is 0 Å². The topological polar surface area (TPSA) is 68.5 Å². The van der Waals surface area contributed by atoms with Crippen molar-refractivity contribution in [3.63, 3.8) is 0 Å². The standard InChI is InChI=1S/C14H21N3O2.ClH/c1-11(15)8-14(18)17-7-5-13(9-17)19-10-12-4-2-3-6-16-12;/h2-4,6,11,13H,5,7-10,15H2,1H3;1H. The van der Waals surface area contributed by atoms with Gasteiger partial charge in [0.2, 0.25) is 5.91 Å². The van der Waals surface area contributed by atoms with Crippen molar-refractivity contribution in [2.75, 3.05) is 13.1 Å². The van der Waals surface area contributed by atoms with E-state index in [1.165, 1.54) is 0 Å². The van der Waals surface area contributed by atoms with E-state index in [-0.39, 0.29) is 30.5 Å². The molecule has 0 bridgehead atoms. The summed E-state index contributed by atoms with van der Waals surface area (Å²) >= 11 is 0. The van der Waals surface area contributed by atoms with E-state index in [0.29, 0.717) is 19.6 Å². The molecule has 20 heavy (non-hydrogen) atoms. The molecular weight excluding hydrogens is 278 g/mol. The number of rotatable bonds is 5. The zero-order valence-electron chi connectivity index (χ0n) is 11.7. The number of amides is 1. The molecule has 6 heteroatoms. The fraction of sp³-hybridized carbons (Fsp3) is 0.571. The van der Waals surface area contributed by atoms with E-state index >= 15 is 0 Å². The SMILES string of the molecule is CC(N)CC(=O)N1CCC(OCc2ccccn2)C1.Cl. The lowest BCUT2D eigenvalue weighted by Crippen LogP contribution is -2.34. The molecule has 1 aliphatic rings. The molecule has 2 atom stereocenters. The van der Waals surface area contributed by atoms with Crippen molar-refractivity contribution in [3.05, 3.63) is 30.1 Å². The van der Waals surface area contributed by atoms with Crippen molar-refractivity contribution in [1.82, 2.24) is 9.88 Å². The normalized spacial score (nSPS) is 19.5. The summed E-state index contributed by atoms with van der Waals surface area (Å²) in [6, 6.07) is 5.68. The Hall–Kier alpha value is -1.17. The Labute approximate surface area is 125 Å². The van der Waals surface area contributed by atoms with Crippen LogP contribution in [0.2, 0.25) is 0 Å². The number of nitrogens with two attached hydrogens (primary N) is 1. The summed E-state index contributed by atoms with van der Waals surface area (Å²) in [5.41, 5.74) is 6.56. The van der Waals surface area contributed by atoms with Gasteiger partial charge in [0.1, 0.15) is 0 Å². The Morgan fingerprint density at radius 2 is 2.40 bits per heavy atom. The van der Waals surface area contributed by atoms with E-state index in [9.17, 15) is 4.79 Å². The summed E-state index contributed by atoms with van der Waals surface area (Å²) in [4.78, 5) is 17.9. The number of halogens is 1. The van der Waals surface area contributed by atoms with Gasteiger partial charge in [0.25, 0.3) is 0 Å². The summed E-state index contributed by atoms with van der Waals surface area (Å²) in [6.45, 7) is 3.78. The van der Waals surface area contributed by atoms with Crippen molar-refractivity contribution in [1.29, 1.82) is 0 Å². The van der Waals surface area contributed by atoms with Gasteiger partial charge in [-0.15, -0.1) is 12.4 Å². The maximum Gasteiger partial charge on any atom is 0.224 e. The van der Waals surface area contributed by atoms with Crippen LogP contribution in [0.3, 0.4) is 0 Å². The molecule has 0 spiro atoms. The molecule has 2 heterocycles. The van der Waals surface area contributed by atoms with Crippen molar-refractivity contribution in [3.8, 4) is 0 Å². The van der Waals surface area contributed by atoms with Crippen LogP contribution < -0.4 is 5.73 Å². The van der Waals surface area contributed by atoms with Crippen LogP contribution in [-0.2, 0) is 16.1 Å². The van der Waals surface area contributed by atoms with Gasteiger partial charge in [-0.25, -0.2) is 0 Å². The Morgan fingerprint density at radius 1 is 1.60 bits per heavy atom. The number of aromatic nitrogens is 1. The number of pyridine rings is 1. The molecule has 5 nitrogen and oxygen atoms in total. The number of likely N-dealkylation sites (tertiary alicyclic amines) is 1. The monoisotopic (exact) mass is 299 g/mol. The maximum atomic E-state index is 11.9. The predicted molar refractivity (Wildman–Crippen MR) is 79.5 cm³/mol. The average molecular weight is 300 g/mol. The van der Waals surface area contributed by atoms with Crippen LogP contribution in [0.25, 0.3) is 0 Å². The molecule has 1 aromatic heterocycles. The van der Waals surface area contributed by atoms with E-state index in [2.05, 4.69) is 4.98 Å². The Balaban J connectivity index is 0.00000200. The van der Waals surface area contributed by atoms with Gasteiger partial charge in [-0.2, -0.15) is 0 Å². The van der Waals surface area contributed by atoms with Crippen LogP contribution in [-0.4, -0.2) is 41.0 Å². The molecule has 0 aliphatic carbocycles. The lowest BCUT2D eigenvalue weighted by molar-refractivity contribution is -0.131. The molecule has 1 fully saturated rings. The Kier molecular flexibility index (Phi) is 6.91. The molecule has 1 aromatic rings. The predicted octanol–water partition coefficient (Wildman–Crippen LogP) is 1.36. The Morgan fingerprint density at radius 3 is 3.05 bits per heavy atom. The highest BCUT2D eigenvalue weighted by Crippen LogP contribution is 2.15. The second-order valence-electron chi connectivity index (χ2n) is 5.06. The van der Waals surface area contributed by atoms with Gasteiger partial charge in [0, 0.05) is 31.7 Å². The van der Waals surface area contributed by atoms with E-state index < -0.39 is 0 Å². The number of hydrogen-bond donors (Lipinski definition) is 1. The second kappa shape index (κ2) is 8.19. The van der Waals surface area contributed by atoms with Crippen LogP contribution in [0.15, 0.2) is 24.4 Å². The molecule has 1 saturated heterocycles. The second-order valence-corrected chi connectivity index (χ2v) is 5.06. The molecule has 0 saturated carbocycles. The lowest BCUT2D eigenvalue weighted by atomic mass is 10.2. The van der Waals surface area contributed by atoms with E-state index in [1.807, 2.05) is 30.0 Å². The van der Waals surface area contributed by atoms with Crippen molar-refractivity contribution < 1.29 is 9.53 Å². The lowest BCUT2D eigenvalue weighted by Gasteiger charge is -2.17. The summed E-state index contributed by atoms with van der Waals surface area (Å²) in [5.74, 6) is 0.124. The van der Waals surface area contributed by atoms with Crippen molar-refractivity contribution in [2.24, 2.45) is 5.73 Å². The van der Waals surface area contributed by atoms with Gasteiger partial charge in [-0.1, -0.05) is 6.07 Å². The molecule has 1 amide bonds. The van der Waals surface area contributed by atoms with Gasteiger partial charge < -0.3 is 15.4 Å². The highest BCUT2D eigenvalue weighted by Gasteiger charge is 2.26. The molecule has 1 aliphatic heterocycles. The summed E-state index contributed by atoms with van der Waals surface area (Å²) < 4.78 is 5.79. The van der Waals surface area contributed by atoms with E-state index in [1.54, 1.807) is 6.20 Å². The number of carbonyl (C=O) groups is 1. The van der Waals surface area contributed by atoms with Crippen LogP contribution in [0.4, 0.5) is 0 Å². The first kappa shape index (κ1) is 16.9. The van der Waals surface area contributed by atoms with Gasteiger partial charge in [-0.05, 0) is 25.5 Å². The molecule has 0 radical (unpaired) electrons. The minimum atomic E-state index is -0.0824. The number of ether oxygens (including phenoxy) is 1. The van der Waals surface area contributed by atoms with Gasteiger partial charge in [0.15, 0.2) is 0 Å². The molecule has 2 unspecified atom stereocenters. The third-order valence-corrected chi connectivity index (χ3v) is 3.19. The average Bonchev–Trinajstić information content (AvgIpc) is 2.86. The van der Waals surface area contributed by atoms with Crippen molar-refractivity contribution >= 4 is 18.3 Å². The fourth-order valence-corrected chi connectivity index (χ4v) is 2.18. The molecule has 2 rings (SSSR count). The first-order chi connectivity index (χ1) is 9.15. The van der Waals surface area contributed by atoms with Crippen LogP contribution in [0, 0.1) is 0 Å². The third-order valence-electron chi connectivity index (χ3n) is 3.19. The number of nitrogens with zero attached hydrogens (tertiary/aromatic N) is 2. The zero-order chi connectivity index (χ0) is 13.7. The summed E-state index contributed by atoms with van der Waals surface area (Å²) in [5, 5.41) is 0. The van der Waals surface area contributed by atoms with Crippen LogP contribution in [0.1, 0.15) is 25.5 Å². The molecule has 0 aromatic carbocycles. The third kappa shape index (κ3) is 5.07. The first-order valence-electron chi connectivity index (χ1n) is 6.70. The molecule has 112 valence electrons. The van der Waals surface area contributed by atoms with Gasteiger partial charge in [-0.3, -0.25) is 9.78 Å². The molecular formula is C14H22ClN3O2. The smallest absolute Gasteiger partial charge is 0.224 e. The largest absolute Gasteiger partial charge is 0.370 e. The molecule has 2 N–H and O–H groups in total. The van der Waals surface area contributed by atoms with Gasteiger partial charge in [0.05, 0.1) is 18.4 Å². The first-order valence-corrected chi connectivity index (χ1v) is 6.70. The maximum absolute atomic E-state index is 11.9. The number of carbonyl (C=O) groups excluding carboxylic acids is 1.